The number of aliphatic hydroxyl groups excluding tert-OH is 1. The highest BCUT2D eigenvalue weighted by Gasteiger charge is 2.26. The third-order valence-corrected chi connectivity index (χ3v) is 2.71. The van der Waals surface area contributed by atoms with Gasteiger partial charge >= 0.3 is 0 Å². The number of amides is 1. The van der Waals surface area contributed by atoms with Crippen molar-refractivity contribution >= 4 is 17.3 Å². The molecule has 0 aliphatic heterocycles. The molecule has 0 saturated heterocycles. The first kappa shape index (κ1) is 15.8. The molecule has 0 fully saturated rings. The van der Waals surface area contributed by atoms with E-state index >= 15 is 0 Å². The van der Waals surface area contributed by atoms with E-state index < -0.39 is 22.3 Å². The average Bonchev–Trinajstić information content (AvgIpc) is 2.43. The number of carbonyl (C=O) groups is 1. The number of nitrogens with two attached hydrogens (primary N) is 1. The van der Waals surface area contributed by atoms with Crippen molar-refractivity contribution in [2.45, 2.75) is 6.92 Å². The maximum Gasteiger partial charge on any atom is 0.285 e. The van der Waals surface area contributed by atoms with E-state index in [0.717, 1.165) is 6.07 Å². The van der Waals surface area contributed by atoms with Gasteiger partial charge in [0.15, 0.2) is 5.82 Å². The van der Waals surface area contributed by atoms with E-state index in [4.69, 9.17) is 10.9 Å². The summed E-state index contributed by atoms with van der Waals surface area (Å²) in [5, 5.41) is 19.8. The van der Waals surface area contributed by atoms with Gasteiger partial charge < -0.3 is 15.4 Å². The van der Waals surface area contributed by atoms with E-state index in [1.165, 1.54) is 4.90 Å². The summed E-state index contributed by atoms with van der Waals surface area (Å²) in [7, 11) is 0. The number of hydrogen-bond donors (Lipinski definition) is 3. The van der Waals surface area contributed by atoms with Gasteiger partial charge in [-0.05, 0) is 13.0 Å². The van der Waals surface area contributed by atoms with Crippen LogP contribution in [0.25, 0.3) is 0 Å². The van der Waals surface area contributed by atoms with Crippen LogP contribution >= 0.6 is 0 Å². The lowest BCUT2D eigenvalue weighted by Gasteiger charge is -2.20. The molecule has 0 spiro atoms. The van der Waals surface area contributed by atoms with Crippen molar-refractivity contribution in [2.24, 2.45) is 5.84 Å². The summed E-state index contributed by atoms with van der Waals surface area (Å²) in [5.74, 6) is 3.48. The van der Waals surface area contributed by atoms with E-state index in [2.05, 4.69) is 0 Å². The van der Waals surface area contributed by atoms with E-state index in [1.807, 2.05) is 5.43 Å². The van der Waals surface area contributed by atoms with Crippen LogP contribution in [0.1, 0.15) is 17.3 Å². The van der Waals surface area contributed by atoms with Crippen LogP contribution in [-0.2, 0) is 0 Å². The third-order valence-electron chi connectivity index (χ3n) is 2.71. The van der Waals surface area contributed by atoms with Gasteiger partial charge in [-0.1, -0.05) is 0 Å². The third kappa shape index (κ3) is 3.19. The van der Waals surface area contributed by atoms with Gasteiger partial charge in [0.2, 0.25) is 0 Å². The molecule has 0 atom stereocenters. The zero-order valence-corrected chi connectivity index (χ0v) is 10.8. The Morgan fingerprint density at radius 2 is 2.25 bits per heavy atom. The molecule has 1 aromatic rings. The Hall–Kier alpha value is -2.26. The second-order valence-electron chi connectivity index (χ2n) is 3.86. The Balaban J connectivity index is 3.33. The van der Waals surface area contributed by atoms with Crippen molar-refractivity contribution in [2.75, 3.05) is 25.1 Å². The normalized spacial score (nSPS) is 10.2. The number of nitro benzene ring substituents is 1. The van der Waals surface area contributed by atoms with Crippen molar-refractivity contribution in [3.63, 3.8) is 0 Å². The van der Waals surface area contributed by atoms with E-state index in [9.17, 15) is 19.3 Å². The van der Waals surface area contributed by atoms with Crippen molar-refractivity contribution in [1.29, 1.82) is 0 Å². The molecule has 20 heavy (non-hydrogen) atoms. The largest absolute Gasteiger partial charge is 0.395 e. The van der Waals surface area contributed by atoms with Gasteiger partial charge in [0.25, 0.3) is 11.6 Å². The van der Waals surface area contributed by atoms with Gasteiger partial charge in [0, 0.05) is 13.1 Å². The van der Waals surface area contributed by atoms with Crippen LogP contribution in [-0.4, -0.2) is 40.5 Å². The summed E-state index contributed by atoms with van der Waals surface area (Å²) in [5.41, 5.74) is 0.863. The second-order valence-corrected chi connectivity index (χ2v) is 3.86. The number of benzene rings is 1. The Labute approximate surface area is 114 Å². The Morgan fingerprint density at radius 3 is 2.70 bits per heavy atom. The van der Waals surface area contributed by atoms with Crippen LogP contribution in [0, 0.1) is 15.9 Å². The molecule has 0 unspecified atom stereocenters. The highest BCUT2D eigenvalue weighted by molar-refractivity contribution is 5.99. The predicted octanol–water partition coefficient (Wildman–Crippen LogP) is 0.474. The quantitative estimate of drug-likeness (QED) is 0.397. The molecular formula is C11H15FN4O4. The van der Waals surface area contributed by atoms with Gasteiger partial charge in [-0.15, -0.1) is 0 Å². The number of nitrogens with one attached hydrogen (secondary N) is 1. The fourth-order valence-corrected chi connectivity index (χ4v) is 1.69. The summed E-state index contributed by atoms with van der Waals surface area (Å²) in [6, 6.07) is 1.62. The Morgan fingerprint density at radius 1 is 1.60 bits per heavy atom. The number of nitrogen functional groups attached to an aromatic ring is 1. The maximum absolute atomic E-state index is 13.5. The second kappa shape index (κ2) is 6.78. The molecular weight excluding hydrogens is 271 g/mol. The molecule has 1 aromatic carbocycles. The minimum atomic E-state index is -0.930. The van der Waals surface area contributed by atoms with Gasteiger partial charge in [0.1, 0.15) is 5.56 Å². The fraction of sp³-hybridized carbons (Fsp3) is 0.364. The van der Waals surface area contributed by atoms with Gasteiger partial charge in [-0.3, -0.25) is 20.8 Å². The highest BCUT2D eigenvalue weighted by Crippen LogP contribution is 2.26. The number of hydrazine groups is 1. The topological polar surface area (TPSA) is 122 Å². The first-order chi connectivity index (χ1) is 9.46. The predicted molar refractivity (Wildman–Crippen MR) is 69.5 cm³/mol. The number of carbonyl (C=O) groups excluding carboxylic acids is 1. The Kier molecular flexibility index (Phi) is 5.35. The van der Waals surface area contributed by atoms with Crippen molar-refractivity contribution in [1.82, 2.24) is 4.90 Å². The molecule has 4 N–H and O–H groups in total. The number of nitro groups is 1. The first-order valence-corrected chi connectivity index (χ1v) is 5.80. The van der Waals surface area contributed by atoms with Gasteiger partial charge in [-0.25, -0.2) is 4.39 Å². The number of halogens is 1. The highest BCUT2D eigenvalue weighted by atomic mass is 19.1. The van der Waals surface area contributed by atoms with Gasteiger partial charge in [-0.2, -0.15) is 0 Å². The summed E-state index contributed by atoms with van der Waals surface area (Å²) >= 11 is 0. The van der Waals surface area contributed by atoms with Crippen LogP contribution in [0.3, 0.4) is 0 Å². The number of likely N-dealkylation sites (N-methyl/N-ethyl adjacent to an activating group) is 1. The van der Waals surface area contributed by atoms with Crippen LogP contribution in [0.4, 0.5) is 15.8 Å². The lowest BCUT2D eigenvalue weighted by atomic mass is 10.1. The molecule has 0 heterocycles. The molecule has 1 amide bonds. The molecule has 0 aliphatic rings. The number of rotatable bonds is 6. The van der Waals surface area contributed by atoms with E-state index in [-0.39, 0.29) is 30.9 Å². The van der Waals surface area contributed by atoms with Crippen molar-refractivity contribution in [3.8, 4) is 0 Å². The molecule has 0 aromatic heterocycles. The zero-order chi connectivity index (χ0) is 15.3. The van der Waals surface area contributed by atoms with Crippen molar-refractivity contribution in [3.05, 3.63) is 33.6 Å². The molecule has 110 valence electrons. The number of anilines is 1. The summed E-state index contributed by atoms with van der Waals surface area (Å²) < 4.78 is 13.5. The van der Waals surface area contributed by atoms with Crippen LogP contribution in [0.15, 0.2) is 12.1 Å². The molecule has 9 heteroatoms. The molecule has 0 bridgehead atoms. The smallest absolute Gasteiger partial charge is 0.285 e. The first-order valence-electron chi connectivity index (χ1n) is 5.80. The van der Waals surface area contributed by atoms with Gasteiger partial charge in [0.05, 0.1) is 23.3 Å². The van der Waals surface area contributed by atoms with Crippen molar-refractivity contribution < 1.29 is 19.2 Å². The minimum Gasteiger partial charge on any atom is -0.395 e. The minimum absolute atomic E-state index is 0.0231. The van der Waals surface area contributed by atoms with Crippen LogP contribution < -0.4 is 11.3 Å². The molecule has 0 saturated carbocycles. The maximum atomic E-state index is 13.5. The molecule has 0 radical (unpaired) electrons. The summed E-state index contributed by atoms with van der Waals surface area (Å²) in [6.07, 6.45) is 0. The van der Waals surface area contributed by atoms with Crippen LogP contribution in [0.2, 0.25) is 0 Å². The van der Waals surface area contributed by atoms with Crippen LogP contribution in [0.5, 0.6) is 0 Å². The lowest BCUT2D eigenvalue weighted by Crippen LogP contribution is -2.33. The lowest BCUT2D eigenvalue weighted by molar-refractivity contribution is -0.385. The number of aliphatic hydroxyl groups is 1. The summed E-state index contributed by atoms with van der Waals surface area (Å²) in [6.45, 7) is 1.65. The monoisotopic (exact) mass is 286 g/mol. The fourth-order valence-electron chi connectivity index (χ4n) is 1.69. The molecule has 0 aliphatic carbocycles. The number of nitrogens with zero attached hydrogens (tertiary/aromatic N) is 2. The number of hydrogen-bond acceptors (Lipinski definition) is 6. The summed E-state index contributed by atoms with van der Waals surface area (Å²) in [4.78, 5) is 23.5. The zero-order valence-electron chi connectivity index (χ0n) is 10.8. The Bertz CT molecular complexity index is 523. The van der Waals surface area contributed by atoms with E-state index in [0.29, 0.717) is 6.07 Å². The SMILES string of the molecule is CCN(CCO)C(=O)c1cc(NN)c(F)cc1[N+](=O)[O-]. The standard InChI is InChI=1S/C11H15FN4O4/c1-2-15(3-4-17)11(18)7-5-9(14-13)8(12)6-10(7)16(19)20/h5-6,14,17H,2-4,13H2,1H3. The molecule has 1 rings (SSSR count). The van der Waals surface area contributed by atoms with E-state index in [1.54, 1.807) is 6.92 Å². The molecule has 8 nitrogen and oxygen atoms in total. The average molecular weight is 286 g/mol.